The minimum Gasteiger partial charge on any atom is -0.380 e. The smallest absolute Gasteiger partial charge is 0.122 e. The van der Waals surface area contributed by atoms with E-state index in [9.17, 15) is 8.78 Å². The molecule has 1 aromatic rings. The number of fused-ring (bicyclic) bond motifs is 2. The molecular weight excluding hydrogens is 428 g/mol. The summed E-state index contributed by atoms with van der Waals surface area (Å²) in [7, 11) is 0. The number of rotatable bonds is 7. The molecule has 3 N–H and O–H groups in total. The molecule has 184 valence electrons. The highest BCUT2D eigenvalue weighted by molar-refractivity contribution is 5.85. The second-order valence-corrected chi connectivity index (χ2v) is 11.6. The van der Waals surface area contributed by atoms with E-state index in [1.807, 2.05) is 0 Å². The van der Waals surface area contributed by atoms with Crippen LogP contribution in [0, 0.1) is 46.8 Å². The summed E-state index contributed by atoms with van der Waals surface area (Å²) in [6.07, 6.45) is 14.2. The molecule has 5 rings (SSSR count). The van der Waals surface area contributed by atoms with Crippen LogP contribution < -0.4 is 5.32 Å². The molecule has 3 fully saturated rings. The number of aromatic nitrogens is 1. The number of allylic oxidation sites excluding steroid dienone is 4. The maximum absolute atomic E-state index is 14.7. The summed E-state index contributed by atoms with van der Waals surface area (Å²) >= 11 is 0. The Labute approximate surface area is 202 Å². The molecule has 3 nitrogen and oxygen atoms in total. The number of anilines is 1. The van der Waals surface area contributed by atoms with Crippen molar-refractivity contribution in [1.82, 2.24) is 4.98 Å². The average molecular weight is 468 g/mol. The summed E-state index contributed by atoms with van der Waals surface area (Å²) in [6.45, 7) is 6.61. The molecule has 5 heteroatoms. The van der Waals surface area contributed by atoms with Crippen molar-refractivity contribution in [3.05, 3.63) is 46.8 Å². The van der Waals surface area contributed by atoms with E-state index in [2.05, 4.69) is 43.2 Å². The molecular formula is C29H39F2N3. The third-order valence-corrected chi connectivity index (χ3v) is 9.26. The van der Waals surface area contributed by atoms with Gasteiger partial charge in [0.25, 0.3) is 0 Å². The highest BCUT2D eigenvalue weighted by Gasteiger charge is 2.43. The predicted molar refractivity (Wildman–Crippen MR) is 136 cm³/mol. The van der Waals surface area contributed by atoms with Crippen molar-refractivity contribution in [3.63, 3.8) is 0 Å². The van der Waals surface area contributed by atoms with Crippen LogP contribution in [0.4, 0.5) is 14.5 Å². The molecule has 0 aromatic carbocycles. The highest BCUT2D eigenvalue weighted by atomic mass is 19.1. The quantitative estimate of drug-likeness (QED) is 0.351. The van der Waals surface area contributed by atoms with Gasteiger partial charge in [-0.15, -0.1) is 0 Å². The lowest BCUT2D eigenvalue weighted by atomic mass is 9.87. The maximum Gasteiger partial charge on any atom is 0.122 e. The first-order valence-corrected chi connectivity index (χ1v) is 13.3. The monoisotopic (exact) mass is 467 g/mol. The zero-order chi connectivity index (χ0) is 24.0. The third kappa shape index (κ3) is 4.43. The largest absolute Gasteiger partial charge is 0.380 e. The molecule has 0 saturated heterocycles. The molecule has 0 bridgehead atoms. The zero-order valence-electron chi connectivity index (χ0n) is 20.7. The van der Waals surface area contributed by atoms with Crippen molar-refractivity contribution >= 4 is 18.0 Å². The third-order valence-electron chi connectivity index (χ3n) is 9.26. The van der Waals surface area contributed by atoms with E-state index < -0.39 is 5.83 Å². The van der Waals surface area contributed by atoms with Crippen LogP contribution in [0.5, 0.6) is 0 Å². The highest BCUT2D eigenvalue weighted by Crippen LogP contribution is 2.51. The van der Waals surface area contributed by atoms with E-state index in [1.165, 1.54) is 37.6 Å². The number of aromatic amines is 1. The van der Waals surface area contributed by atoms with Gasteiger partial charge in [0.1, 0.15) is 11.7 Å². The second-order valence-electron chi connectivity index (χ2n) is 11.6. The minimum absolute atomic E-state index is 0.0598. The number of halogens is 2. The van der Waals surface area contributed by atoms with Crippen molar-refractivity contribution in [2.24, 2.45) is 41.4 Å². The van der Waals surface area contributed by atoms with Crippen molar-refractivity contribution in [1.29, 1.82) is 5.41 Å². The van der Waals surface area contributed by atoms with Crippen LogP contribution in [-0.2, 0) is 6.42 Å². The number of H-pyrrole nitrogens is 1. The van der Waals surface area contributed by atoms with Gasteiger partial charge in [0, 0.05) is 29.9 Å². The second kappa shape index (κ2) is 9.47. The van der Waals surface area contributed by atoms with Gasteiger partial charge < -0.3 is 15.7 Å². The lowest BCUT2D eigenvalue weighted by Crippen LogP contribution is -2.28. The van der Waals surface area contributed by atoms with Gasteiger partial charge in [0.05, 0.1) is 11.4 Å². The Balaban J connectivity index is 1.40. The Bertz CT molecular complexity index is 1020. The van der Waals surface area contributed by atoms with Crippen LogP contribution in [0.2, 0.25) is 0 Å². The fraction of sp³-hybridized carbons (Fsp3) is 0.621. The molecule has 0 amide bonds. The Kier molecular flexibility index (Phi) is 6.56. The van der Waals surface area contributed by atoms with Gasteiger partial charge in [-0.25, -0.2) is 8.78 Å². The summed E-state index contributed by atoms with van der Waals surface area (Å²) in [5, 5.41) is 11.5. The van der Waals surface area contributed by atoms with Gasteiger partial charge in [-0.05, 0) is 97.8 Å². The minimum atomic E-state index is -0.449. The summed E-state index contributed by atoms with van der Waals surface area (Å²) < 4.78 is 28.5. The lowest BCUT2D eigenvalue weighted by Gasteiger charge is -2.25. The van der Waals surface area contributed by atoms with E-state index in [1.54, 1.807) is 6.08 Å². The van der Waals surface area contributed by atoms with Gasteiger partial charge in [0.15, 0.2) is 0 Å². The van der Waals surface area contributed by atoms with E-state index >= 15 is 0 Å². The van der Waals surface area contributed by atoms with Crippen LogP contribution in [-0.4, -0.2) is 17.2 Å². The van der Waals surface area contributed by atoms with E-state index in [4.69, 9.17) is 5.41 Å². The topological polar surface area (TPSA) is 51.7 Å². The lowest BCUT2D eigenvalue weighted by molar-refractivity contribution is 0.322. The SMILES string of the molecule is CC(C)C(C=N)=Cc1[nH]c(CC2CCC3C(C)CCC23)cc1NC1CCC2C=C(F)C=C(F)C21. The van der Waals surface area contributed by atoms with E-state index in [0.717, 1.165) is 66.0 Å². The predicted octanol–water partition coefficient (Wildman–Crippen LogP) is 7.85. The Hall–Kier alpha value is -2.17. The first-order chi connectivity index (χ1) is 16.3. The van der Waals surface area contributed by atoms with Crippen molar-refractivity contribution in [3.8, 4) is 0 Å². The summed E-state index contributed by atoms with van der Waals surface area (Å²) in [5.41, 5.74) is 4.15. The van der Waals surface area contributed by atoms with Crippen molar-refractivity contribution < 1.29 is 8.78 Å². The van der Waals surface area contributed by atoms with Gasteiger partial charge in [-0.2, -0.15) is 0 Å². The number of nitrogens with one attached hydrogen (secondary N) is 3. The summed E-state index contributed by atoms with van der Waals surface area (Å²) in [4.78, 5) is 3.66. The molecule has 4 aliphatic rings. The fourth-order valence-corrected chi connectivity index (χ4v) is 7.41. The molecule has 7 atom stereocenters. The molecule has 1 aromatic heterocycles. The van der Waals surface area contributed by atoms with Gasteiger partial charge in [0.2, 0.25) is 0 Å². The standard InChI is InChI=1S/C29H39F2N3/c1-16(2)20(15-32)12-27-28(34-26-9-6-19-10-21(30)13-25(31)29(19)26)14-22(33-27)11-18-5-8-23-17(3)4-7-24(18)23/h10,12-19,23-24,26,29,32-34H,4-9,11H2,1-3H3. The van der Waals surface area contributed by atoms with Crippen LogP contribution in [0.15, 0.2) is 35.4 Å². The Morgan fingerprint density at radius 1 is 1.15 bits per heavy atom. The average Bonchev–Trinajstić information content (AvgIpc) is 3.54. The van der Waals surface area contributed by atoms with Gasteiger partial charge >= 0.3 is 0 Å². The van der Waals surface area contributed by atoms with Gasteiger partial charge in [-0.1, -0.05) is 27.2 Å². The molecule has 7 unspecified atom stereocenters. The fourth-order valence-electron chi connectivity index (χ4n) is 7.41. The molecule has 4 aliphatic carbocycles. The Morgan fingerprint density at radius 2 is 1.94 bits per heavy atom. The Morgan fingerprint density at radius 3 is 2.71 bits per heavy atom. The van der Waals surface area contributed by atoms with Crippen molar-refractivity contribution in [2.75, 3.05) is 5.32 Å². The number of hydrogen-bond acceptors (Lipinski definition) is 2. The molecule has 0 spiro atoms. The van der Waals surface area contributed by atoms with Gasteiger partial charge in [-0.3, -0.25) is 0 Å². The number of hydrogen-bond donors (Lipinski definition) is 3. The van der Waals surface area contributed by atoms with E-state index in [0.29, 0.717) is 0 Å². The van der Waals surface area contributed by atoms with E-state index in [-0.39, 0.29) is 29.6 Å². The molecule has 1 heterocycles. The first-order valence-electron chi connectivity index (χ1n) is 13.3. The van der Waals surface area contributed by atoms with Crippen LogP contribution in [0.25, 0.3) is 6.08 Å². The van der Waals surface area contributed by atoms with Crippen LogP contribution in [0.3, 0.4) is 0 Å². The van der Waals surface area contributed by atoms with Crippen LogP contribution >= 0.6 is 0 Å². The zero-order valence-corrected chi connectivity index (χ0v) is 20.7. The maximum atomic E-state index is 14.7. The molecule has 0 radical (unpaired) electrons. The first kappa shape index (κ1) is 23.6. The van der Waals surface area contributed by atoms with Crippen LogP contribution in [0.1, 0.15) is 70.7 Å². The molecule has 0 aliphatic heterocycles. The summed E-state index contributed by atoms with van der Waals surface area (Å²) in [5.74, 6) is 2.41. The molecule has 3 saturated carbocycles. The summed E-state index contributed by atoms with van der Waals surface area (Å²) in [6, 6.07) is 2.16. The normalized spacial score (nSPS) is 35.2. The van der Waals surface area contributed by atoms with Crippen molar-refractivity contribution in [2.45, 2.75) is 71.8 Å². The molecule has 34 heavy (non-hydrogen) atoms.